The average molecular weight is 228 g/mol. The van der Waals surface area contributed by atoms with Crippen molar-refractivity contribution in [1.82, 2.24) is 0 Å². The topological polar surface area (TPSA) is 20.2 Å². The van der Waals surface area contributed by atoms with Crippen LogP contribution in [0.5, 0.6) is 0 Å². The number of aliphatic hydroxyl groups is 1. The predicted molar refractivity (Wildman–Crippen MR) is 54.5 cm³/mol. The van der Waals surface area contributed by atoms with Crippen LogP contribution in [0.1, 0.15) is 30.1 Å². The van der Waals surface area contributed by atoms with Crippen LogP contribution >= 0.6 is 0 Å². The second-order valence-corrected chi connectivity index (χ2v) is 3.38. The summed E-state index contributed by atoms with van der Waals surface area (Å²) in [6, 6.07) is 4.65. The van der Waals surface area contributed by atoms with Gasteiger partial charge in [0.25, 0.3) is 0 Å². The highest BCUT2D eigenvalue weighted by atomic mass is 19.4. The molecule has 0 heterocycles. The first-order valence-corrected chi connectivity index (χ1v) is 4.74. The molecule has 0 spiro atoms. The highest BCUT2D eigenvalue weighted by molar-refractivity contribution is 5.27. The molecule has 86 valence electrons. The molecule has 4 heteroatoms. The van der Waals surface area contributed by atoms with Crippen molar-refractivity contribution in [1.29, 1.82) is 0 Å². The van der Waals surface area contributed by atoms with Crippen molar-refractivity contribution in [2.24, 2.45) is 0 Å². The zero-order valence-electron chi connectivity index (χ0n) is 8.46. The molecule has 1 aromatic carbocycles. The second kappa shape index (κ2) is 5.04. The number of terminal acetylenes is 1. The number of hydrogen-bond donors (Lipinski definition) is 1. The monoisotopic (exact) mass is 228 g/mol. The maximum atomic E-state index is 12.4. The van der Waals surface area contributed by atoms with Crippen LogP contribution in [-0.4, -0.2) is 5.11 Å². The average Bonchev–Trinajstić information content (AvgIpc) is 2.25. The predicted octanol–water partition coefficient (Wildman–Crippen LogP) is 3.15. The summed E-state index contributed by atoms with van der Waals surface area (Å²) < 4.78 is 37.1. The molecule has 0 radical (unpaired) electrons. The van der Waals surface area contributed by atoms with E-state index in [9.17, 15) is 18.3 Å². The van der Waals surface area contributed by atoms with Gasteiger partial charge in [0.2, 0.25) is 0 Å². The van der Waals surface area contributed by atoms with Crippen LogP contribution < -0.4 is 0 Å². The molecule has 1 nitrogen and oxygen atoms in total. The van der Waals surface area contributed by atoms with E-state index in [1.54, 1.807) is 0 Å². The van der Waals surface area contributed by atoms with Crippen molar-refractivity contribution in [3.8, 4) is 12.3 Å². The van der Waals surface area contributed by atoms with Crippen LogP contribution in [0, 0.1) is 12.3 Å². The molecule has 1 rings (SSSR count). The van der Waals surface area contributed by atoms with Crippen LogP contribution in [-0.2, 0) is 6.18 Å². The third-order valence-electron chi connectivity index (χ3n) is 2.16. The Morgan fingerprint density at radius 1 is 1.38 bits per heavy atom. The summed E-state index contributed by atoms with van der Waals surface area (Å²) in [5.74, 6) is 2.33. The lowest BCUT2D eigenvalue weighted by molar-refractivity contribution is -0.137. The molecule has 0 saturated heterocycles. The van der Waals surface area contributed by atoms with Gasteiger partial charge in [0.1, 0.15) is 0 Å². The third kappa shape index (κ3) is 3.28. The Hall–Kier alpha value is -1.47. The molecule has 0 bridgehead atoms. The molecular weight excluding hydrogens is 217 g/mol. The van der Waals surface area contributed by atoms with Crippen molar-refractivity contribution in [3.05, 3.63) is 35.4 Å². The molecule has 0 aliphatic heterocycles. The van der Waals surface area contributed by atoms with Crippen LogP contribution in [0.3, 0.4) is 0 Å². The van der Waals surface area contributed by atoms with Crippen LogP contribution in [0.2, 0.25) is 0 Å². The fourth-order valence-electron chi connectivity index (χ4n) is 1.31. The largest absolute Gasteiger partial charge is 0.416 e. The summed E-state index contributed by atoms with van der Waals surface area (Å²) in [6.45, 7) is 0. The van der Waals surface area contributed by atoms with E-state index < -0.39 is 17.8 Å². The highest BCUT2D eigenvalue weighted by Gasteiger charge is 2.30. The van der Waals surface area contributed by atoms with Crippen LogP contribution in [0.4, 0.5) is 13.2 Å². The molecule has 0 saturated carbocycles. The molecule has 0 fully saturated rings. The van der Waals surface area contributed by atoms with Gasteiger partial charge in [-0.25, -0.2) is 0 Å². The van der Waals surface area contributed by atoms with Crippen molar-refractivity contribution in [2.45, 2.75) is 25.1 Å². The zero-order chi connectivity index (χ0) is 12.2. The van der Waals surface area contributed by atoms with Gasteiger partial charge in [-0.1, -0.05) is 12.1 Å². The lowest BCUT2D eigenvalue weighted by atomic mass is 10.0. The molecule has 1 aromatic rings. The number of aliphatic hydroxyl groups excluding tert-OH is 1. The Morgan fingerprint density at radius 2 is 2.06 bits per heavy atom. The van der Waals surface area contributed by atoms with Crippen molar-refractivity contribution in [3.63, 3.8) is 0 Å². The zero-order valence-corrected chi connectivity index (χ0v) is 8.46. The third-order valence-corrected chi connectivity index (χ3v) is 2.16. The lowest BCUT2D eigenvalue weighted by Gasteiger charge is -2.12. The van der Waals surface area contributed by atoms with Gasteiger partial charge in [-0.15, -0.1) is 12.3 Å². The first-order chi connectivity index (χ1) is 7.45. The van der Waals surface area contributed by atoms with Crippen molar-refractivity contribution >= 4 is 0 Å². The minimum absolute atomic E-state index is 0.241. The fraction of sp³-hybridized carbons (Fsp3) is 0.333. The van der Waals surface area contributed by atoms with E-state index in [1.165, 1.54) is 12.1 Å². The van der Waals surface area contributed by atoms with Gasteiger partial charge in [-0.3, -0.25) is 0 Å². The molecule has 16 heavy (non-hydrogen) atoms. The number of hydrogen-bond acceptors (Lipinski definition) is 1. The van der Waals surface area contributed by atoms with Gasteiger partial charge in [-0.2, -0.15) is 13.2 Å². The number of benzene rings is 1. The molecule has 1 unspecified atom stereocenters. The fourth-order valence-corrected chi connectivity index (χ4v) is 1.31. The Labute approximate surface area is 91.9 Å². The lowest BCUT2D eigenvalue weighted by Crippen LogP contribution is -2.06. The van der Waals surface area contributed by atoms with E-state index in [0.29, 0.717) is 6.42 Å². The Bertz CT molecular complexity index is 390. The highest BCUT2D eigenvalue weighted by Crippen LogP contribution is 2.31. The van der Waals surface area contributed by atoms with E-state index in [1.807, 2.05) is 0 Å². The maximum absolute atomic E-state index is 12.4. The first kappa shape index (κ1) is 12.6. The van der Waals surface area contributed by atoms with Gasteiger partial charge < -0.3 is 5.11 Å². The molecule has 0 aromatic heterocycles. The first-order valence-electron chi connectivity index (χ1n) is 4.74. The van der Waals surface area contributed by atoms with Gasteiger partial charge in [0.15, 0.2) is 0 Å². The summed E-state index contributed by atoms with van der Waals surface area (Å²) in [5.41, 5.74) is -0.519. The minimum atomic E-state index is -4.39. The van der Waals surface area contributed by atoms with E-state index in [0.717, 1.165) is 12.1 Å². The van der Waals surface area contributed by atoms with E-state index >= 15 is 0 Å². The van der Waals surface area contributed by atoms with Crippen LogP contribution in [0.15, 0.2) is 24.3 Å². The standard InChI is InChI=1S/C12H11F3O/c1-2-3-7-11(16)9-5-4-6-10(8-9)12(13,14)15/h1,4-6,8,11,16H,3,7H2. The Balaban J connectivity index is 2.87. The SMILES string of the molecule is C#CCCC(O)c1cccc(C(F)(F)F)c1. The molecule has 0 amide bonds. The number of halogens is 3. The summed E-state index contributed by atoms with van der Waals surface area (Å²) in [7, 11) is 0. The Kier molecular flexibility index (Phi) is 3.97. The van der Waals surface area contributed by atoms with E-state index in [-0.39, 0.29) is 12.0 Å². The second-order valence-electron chi connectivity index (χ2n) is 3.38. The molecule has 1 N–H and O–H groups in total. The summed E-state index contributed by atoms with van der Waals surface area (Å²) in [4.78, 5) is 0. The molecule has 0 aliphatic carbocycles. The van der Waals surface area contributed by atoms with Gasteiger partial charge in [0.05, 0.1) is 11.7 Å². The quantitative estimate of drug-likeness (QED) is 0.788. The minimum Gasteiger partial charge on any atom is -0.388 e. The maximum Gasteiger partial charge on any atom is 0.416 e. The van der Waals surface area contributed by atoms with Crippen LogP contribution in [0.25, 0.3) is 0 Å². The Morgan fingerprint density at radius 3 is 2.62 bits per heavy atom. The normalized spacial score (nSPS) is 13.2. The van der Waals surface area contributed by atoms with Gasteiger partial charge in [0, 0.05) is 6.42 Å². The summed E-state index contributed by atoms with van der Waals surface area (Å²) >= 11 is 0. The number of alkyl halides is 3. The van der Waals surface area contributed by atoms with E-state index in [2.05, 4.69) is 5.92 Å². The summed E-state index contributed by atoms with van der Waals surface area (Å²) in [6.07, 6.45) is 0.272. The summed E-state index contributed by atoms with van der Waals surface area (Å²) in [5, 5.41) is 9.58. The number of rotatable bonds is 3. The van der Waals surface area contributed by atoms with Crippen molar-refractivity contribution < 1.29 is 18.3 Å². The van der Waals surface area contributed by atoms with Gasteiger partial charge >= 0.3 is 6.18 Å². The molecular formula is C12H11F3O. The van der Waals surface area contributed by atoms with Gasteiger partial charge in [-0.05, 0) is 24.1 Å². The van der Waals surface area contributed by atoms with Crippen molar-refractivity contribution in [2.75, 3.05) is 0 Å². The smallest absolute Gasteiger partial charge is 0.388 e. The van der Waals surface area contributed by atoms with E-state index in [4.69, 9.17) is 6.42 Å². The molecule has 1 atom stereocenters. The molecule has 0 aliphatic rings.